The van der Waals surface area contributed by atoms with Gasteiger partial charge in [-0.05, 0) is 35.1 Å². The summed E-state index contributed by atoms with van der Waals surface area (Å²) in [5.41, 5.74) is 1.45. The van der Waals surface area contributed by atoms with Crippen molar-refractivity contribution in [2.45, 2.75) is 6.04 Å². The SMILES string of the molecule is CNC(c1c(F)cccc1Br)c1c(Br)cnn1C. The second-order valence-electron chi connectivity index (χ2n) is 3.86. The first kappa shape index (κ1) is 13.7. The van der Waals surface area contributed by atoms with Gasteiger partial charge in [-0.1, -0.05) is 22.0 Å². The van der Waals surface area contributed by atoms with Crippen molar-refractivity contribution in [3.63, 3.8) is 0 Å². The van der Waals surface area contributed by atoms with Crippen molar-refractivity contribution in [3.05, 3.63) is 50.4 Å². The van der Waals surface area contributed by atoms with E-state index in [0.717, 1.165) is 14.6 Å². The van der Waals surface area contributed by atoms with Crippen LogP contribution in [0.3, 0.4) is 0 Å². The van der Waals surface area contributed by atoms with E-state index >= 15 is 0 Å². The van der Waals surface area contributed by atoms with Gasteiger partial charge < -0.3 is 5.32 Å². The third kappa shape index (κ3) is 2.37. The molecule has 0 radical (unpaired) electrons. The number of nitrogens with zero attached hydrogens (tertiary/aromatic N) is 2. The topological polar surface area (TPSA) is 29.9 Å². The van der Waals surface area contributed by atoms with Crippen molar-refractivity contribution in [1.29, 1.82) is 0 Å². The molecular formula is C12H12Br2FN3. The monoisotopic (exact) mass is 375 g/mol. The van der Waals surface area contributed by atoms with Crippen LogP contribution in [0.2, 0.25) is 0 Å². The molecule has 0 amide bonds. The number of aromatic nitrogens is 2. The third-order valence-corrected chi connectivity index (χ3v) is 4.09. The molecule has 1 atom stereocenters. The van der Waals surface area contributed by atoms with Crippen LogP contribution in [0.5, 0.6) is 0 Å². The Bertz CT molecular complexity index is 529. The van der Waals surface area contributed by atoms with Crippen LogP contribution in [0, 0.1) is 5.82 Å². The normalized spacial score (nSPS) is 12.7. The van der Waals surface area contributed by atoms with Gasteiger partial charge in [-0.15, -0.1) is 0 Å². The Morgan fingerprint density at radius 1 is 1.33 bits per heavy atom. The van der Waals surface area contributed by atoms with E-state index < -0.39 is 0 Å². The van der Waals surface area contributed by atoms with E-state index in [1.807, 2.05) is 13.1 Å². The first-order valence-electron chi connectivity index (χ1n) is 5.34. The minimum Gasteiger partial charge on any atom is -0.308 e. The van der Waals surface area contributed by atoms with Crippen LogP contribution < -0.4 is 5.32 Å². The first-order chi connectivity index (χ1) is 8.56. The molecule has 0 spiro atoms. The number of nitrogens with one attached hydrogen (secondary N) is 1. The standard InChI is InChI=1S/C12H12Br2FN3/c1-16-11(12-8(14)6-17-18(12)2)10-7(13)4-3-5-9(10)15/h3-6,11,16H,1-2H3. The van der Waals surface area contributed by atoms with Gasteiger partial charge in [-0.3, -0.25) is 4.68 Å². The fourth-order valence-corrected chi connectivity index (χ4v) is 3.10. The zero-order chi connectivity index (χ0) is 13.3. The molecule has 6 heteroatoms. The number of hydrogen-bond acceptors (Lipinski definition) is 2. The van der Waals surface area contributed by atoms with E-state index in [9.17, 15) is 4.39 Å². The van der Waals surface area contributed by atoms with Gasteiger partial charge in [0.05, 0.1) is 22.4 Å². The largest absolute Gasteiger partial charge is 0.308 e. The molecule has 0 fully saturated rings. The van der Waals surface area contributed by atoms with Crippen LogP contribution >= 0.6 is 31.9 Å². The maximum Gasteiger partial charge on any atom is 0.129 e. The summed E-state index contributed by atoms with van der Waals surface area (Å²) in [7, 11) is 3.63. The molecule has 96 valence electrons. The van der Waals surface area contributed by atoms with Crippen LogP contribution in [0.25, 0.3) is 0 Å². The summed E-state index contributed by atoms with van der Waals surface area (Å²) in [5.74, 6) is -0.253. The lowest BCUT2D eigenvalue weighted by Gasteiger charge is -2.19. The van der Waals surface area contributed by atoms with E-state index in [1.165, 1.54) is 6.07 Å². The average Bonchev–Trinajstić information content (AvgIpc) is 2.65. The third-order valence-electron chi connectivity index (χ3n) is 2.79. The summed E-state index contributed by atoms with van der Waals surface area (Å²) >= 11 is 6.84. The van der Waals surface area contributed by atoms with Crippen LogP contribution in [0.1, 0.15) is 17.3 Å². The van der Waals surface area contributed by atoms with Gasteiger partial charge in [0.15, 0.2) is 0 Å². The van der Waals surface area contributed by atoms with Crippen LogP contribution in [-0.2, 0) is 7.05 Å². The fourth-order valence-electron chi connectivity index (χ4n) is 1.95. The lowest BCUT2D eigenvalue weighted by Crippen LogP contribution is -2.22. The number of aryl methyl sites for hydroxylation is 1. The van der Waals surface area contributed by atoms with Gasteiger partial charge in [-0.25, -0.2) is 4.39 Å². The molecule has 0 aliphatic carbocycles. The Morgan fingerprint density at radius 3 is 2.56 bits per heavy atom. The predicted octanol–water partition coefficient (Wildman–Crippen LogP) is 3.39. The maximum absolute atomic E-state index is 14.0. The number of rotatable bonds is 3. The maximum atomic E-state index is 14.0. The molecule has 0 saturated carbocycles. The van der Waals surface area contributed by atoms with Gasteiger partial charge in [0.2, 0.25) is 0 Å². The summed E-state index contributed by atoms with van der Waals surface area (Å²) in [6.07, 6.45) is 1.70. The van der Waals surface area contributed by atoms with E-state index in [0.29, 0.717) is 5.56 Å². The highest BCUT2D eigenvalue weighted by Gasteiger charge is 2.24. The molecule has 0 bridgehead atoms. The molecule has 1 N–H and O–H groups in total. The molecule has 0 saturated heterocycles. The predicted molar refractivity (Wildman–Crippen MR) is 75.9 cm³/mol. The fraction of sp³-hybridized carbons (Fsp3) is 0.250. The van der Waals surface area contributed by atoms with Crippen LogP contribution in [-0.4, -0.2) is 16.8 Å². The molecule has 1 unspecified atom stereocenters. The Hall–Kier alpha value is -0.720. The van der Waals surface area contributed by atoms with Crippen molar-refractivity contribution < 1.29 is 4.39 Å². The second-order valence-corrected chi connectivity index (χ2v) is 5.57. The van der Waals surface area contributed by atoms with Gasteiger partial charge in [0, 0.05) is 17.1 Å². The summed E-state index contributed by atoms with van der Waals surface area (Å²) in [6, 6.07) is 4.68. The van der Waals surface area contributed by atoms with Crippen LogP contribution in [0.4, 0.5) is 4.39 Å². The smallest absolute Gasteiger partial charge is 0.129 e. The van der Waals surface area contributed by atoms with Gasteiger partial charge in [0.25, 0.3) is 0 Å². The second kappa shape index (κ2) is 5.50. The van der Waals surface area contributed by atoms with E-state index in [1.54, 1.807) is 24.0 Å². The van der Waals surface area contributed by atoms with Crippen molar-refractivity contribution in [2.24, 2.45) is 7.05 Å². The molecular weight excluding hydrogens is 365 g/mol. The molecule has 1 aromatic carbocycles. The molecule has 0 aliphatic heterocycles. The molecule has 2 rings (SSSR count). The summed E-state index contributed by atoms with van der Waals surface area (Å²) in [5, 5.41) is 7.29. The molecule has 2 aromatic rings. The van der Waals surface area contributed by atoms with Crippen molar-refractivity contribution in [1.82, 2.24) is 15.1 Å². The van der Waals surface area contributed by atoms with E-state index in [2.05, 4.69) is 42.3 Å². The molecule has 0 aliphatic rings. The number of hydrogen-bond donors (Lipinski definition) is 1. The summed E-state index contributed by atoms with van der Waals surface area (Å²) in [6.45, 7) is 0. The quantitative estimate of drug-likeness (QED) is 0.889. The highest BCUT2D eigenvalue weighted by Crippen LogP contribution is 2.33. The average molecular weight is 377 g/mol. The highest BCUT2D eigenvalue weighted by atomic mass is 79.9. The molecule has 18 heavy (non-hydrogen) atoms. The number of benzene rings is 1. The lowest BCUT2D eigenvalue weighted by atomic mass is 10.0. The van der Waals surface area contributed by atoms with Crippen molar-refractivity contribution in [3.8, 4) is 0 Å². The summed E-state index contributed by atoms with van der Waals surface area (Å²) < 4.78 is 17.3. The Balaban J connectivity index is 2.59. The van der Waals surface area contributed by atoms with Gasteiger partial charge in [0.1, 0.15) is 5.82 Å². The van der Waals surface area contributed by atoms with E-state index in [-0.39, 0.29) is 11.9 Å². The minimum atomic E-state index is -0.276. The highest BCUT2D eigenvalue weighted by molar-refractivity contribution is 9.10. The Labute approximate surface area is 122 Å². The zero-order valence-electron chi connectivity index (χ0n) is 9.92. The Kier molecular flexibility index (Phi) is 4.19. The first-order valence-corrected chi connectivity index (χ1v) is 6.93. The van der Waals surface area contributed by atoms with Gasteiger partial charge >= 0.3 is 0 Å². The van der Waals surface area contributed by atoms with Crippen molar-refractivity contribution in [2.75, 3.05) is 7.05 Å². The molecule has 3 nitrogen and oxygen atoms in total. The molecule has 1 heterocycles. The zero-order valence-corrected chi connectivity index (χ0v) is 13.1. The lowest BCUT2D eigenvalue weighted by molar-refractivity contribution is 0.548. The number of halogens is 3. The Morgan fingerprint density at radius 2 is 2.06 bits per heavy atom. The van der Waals surface area contributed by atoms with Crippen molar-refractivity contribution >= 4 is 31.9 Å². The molecule has 1 aromatic heterocycles. The van der Waals surface area contributed by atoms with Crippen LogP contribution in [0.15, 0.2) is 33.3 Å². The summed E-state index contributed by atoms with van der Waals surface area (Å²) in [4.78, 5) is 0. The minimum absolute atomic E-state index is 0.253. The van der Waals surface area contributed by atoms with Gasteiger partial charge in [-0.2, -0.15) is 5.10 Å². The van der Waals surface area contributed by atoms with E-state index in [4.69, 9.17) is 0 Å².